The molecule has 0 amide bonds. The van der Waals surface area contributed by atoms with Crippen LogP contribution < -0.4 is 5.06 Å². The van der Waals surface area contributed by atoms with Crippen molar-refractivity contribution in [2.45, 2.75) is 33.2 Å². The third-order valence-corrected chi connectivity index (χ3v) is 2.14. The first kappa shape index (κ1) is 8.92. The normalized spacial score (nSPS) is 21.0. The molecule has 2 nitrogen and oxygen atoms in total. The van der Waals surface area contributed by atoms with Gasteiger partial charge in [0.2, 0.25) is 0 Å². The van der Waals surface area contributed by atoms with Gasteiger partial charge >= 0.3 is 0 Å². The van der Waals surface area contributed by atoms with E-state index in [4.69, 9.17) is 0 Å². The van der Waals surface area contributed by atoms with Crippen molar-refractivity contribution < 1.29 is 5.06 Å². The number of hydrogen-bond acceptors (Lipinski definition) is 1. The Kier molecular flexibility index (Phi) is 3.82. The minimum atomic E-state index is 0.245. The second kappa shape index (κ2) is 3.85. The predicted octanol–water partition coefficient (Wildman–Crippen LogP) is 0.434. The summed E-state index contributed by atoms with van der Waals surface area (Å²) in [7, 11) is 1.66. The van der Waals surface area contributed by atoms with Crippen LogP contribution in [0.1, 0.15) is 27.2 Å². The Bertz CT molecular complexity index is 73.3. The van der Waals surface area contributed by atoms with Crippen LogP contribution in [-0.4, -0.2) is 13.1 Å². The van der Waals surface area contributed by atoms with E-state index >= 15 is 0 Å². The predicted molar refractivity (Wildman–Crippen MR) is 39.2 cm³/mol. The molecule has 56 valence electrons. The molecule has 0 aliphatic carbocycles. The highest BCUT2D eigenvalue weighted by molar-refractivity contribution is 4.55. The van der Waals surface area contributed by atoms with Crippen molar-refractivity contribution in [3.63, 3.8) is 0 Å². The van der Waals surface area contributed by atoms with E-state index in [-0.39, 0.29) is 6.04 Å². The van der Waals surface area contributed by atoms with Gasteiger partial charge in [-0.25, -0.2) is 0 Å². The van der Waals surface area contributed by atoms with E-state index in [1.54, 1.807) is 7.05 Å². The Balaban J connectivity index is 3.58. The van der Waals surface area contributed by atoms with Gasteiger partial charge < -0.3 is 10.3 Å². The number of quaternary nitrogens is 1. The highest BCUT2D eigenvalue weighted by Gasteiger charge is 2.12. The molecule has 0 aromatic heterocycles. The van der Waals surface area contributed by atoms with Crippen LogP contribution in [0.2, 0.25) is 0 Å². The van der Waals surface area contributed by atoms with Crippen molar-refractivity contribution >= 4 is 0 Å². The fraction of sp³-hybridized carbons (Fsp3) is 1.00. The summed E-state index contributed by atoms with van der Waals surface area (Å²) in [6.07, 6.45) is 1.10. The van der Waals surface area contributed by atoms with Gasteiger partial charge in [-0.1, -0.05) is 13.8 Å². The molecule has 0 aromatic carbocycles. The van der Waals surface area contributed by atoms with Crippen LogP contribution in [-0.2, 0) is 0 Å². The van der Waals surface area contributed by atoms with Gasteiger partial charge in [-0.05, 0) is 13.3 Å². The van der Waals surface area contributed by atoms with E-state index < -0.39 is 0 Å². The van der Waals surface area contributed by atoms with Crippen LogP contribution in [0.25, 0.3) is 0 Å². The zero-order chi connectivity index (χ0) is 7.44. The van der Waals surface area contributed by atoms with Crippen molar-refractivity contribution in [3.8, 4) is 0 Å². The van der Waals surface area contributed by atoms with Gasteiger partial charge in [0.25, 0.3) is 0 Å². The van der Waals surface area contributed by atoms with E-state index in [0.717, 1.165) is 6.42 Å². The SMILES string of the molecule is CCC(C)C(C)[NH+](C)[O-]. The van der Waals surface area contributed by atoms with Gasteiger partial charge in [0.15, 0.2) is 0 Å². The lowest BCUT2D eigenvalue weighted by Gasteiger charge is -2.28. The molecule has 0 saturated heterocycles. The van der Waals surface area contributed by atoms with Gasteiger partial charge in [0.1, 0.15) is 0 Å². The standard InChI is InChI=1S/C7H17NO/c1-5-6(2)7(3)8(4)9/h6-8H,5H2,1-4H3. The molecule has 0 radical (unpaired) electrons. The summed E-state index contributed by atoms with van der Waals surface area (Å²) in [5.74, 6) is 0.544. The maximum Gasteiger partial charge on any atom is 0.0866 e. The second-order valence-electron chi connectivity index (χ2n) is 2.78. The molecular formula is C7H17NO. The van der Waals surface area contributed by atoms with Crippen molar-refractivity contribution in [2.75, 3.05) is 7.05 Å². The molecule has 0 aromatic rings. The number of rotatable bonds is 3. The molecule has 2 heteroatoms. The number of hydrogen-bond donors (Lipinski definition) is 1. The average Bonchev–Trinajstić information content (AvgIpc) is 1.84. The van der Waals surface area contributed by atoms with Crippen LogP contribution in [0.4, 0.5) is 0 Å². The summed E-state index contributed by atoms with van der Waals surface area (Å²) in [6, 6.07) is 0.245. The Labute approximate surface area is 57.4 Å². The molecule has 0 aliphatic rings. The fourth-order valence-corrected chi connectivity index (χ4v) is 0.754. The Morgan fingerprint density at radius 1 is 1.44 bits per heavy atom. The Morgan fingerprint density at radius 3 is 2.00 bits per heavy atom. The van der Waals surface area contributed by atoms with Crippen LogP contribution in [0.15, 0.2) is 0 Å². The van der Waals surface area contributed by atoms with Crippen molar-refractivity contribution in [2.24, 2.45) is 5.92 Å². The summed E-state index contributed by atoms with van der Waals surface area (Å²) in [5, 5.41) is 11.1. The zero-order valence-corrected chi connectivity index (χ0v) is 6.77. The van der Waals surface area contributed by atoms with Crippen LogP contribution in [0, 0.1) is 11.1 Å². The quantitative estimate of drug-likeness (QED) is 0.553. The van der Waals surface area contributed by atoms with Gasteiger partial charge in [0.05, 0.1) is 13.1 Å². The molecule has 0 heterocycles. The topological polar surface area (TPSA) is 27.5 Å². The summed E-state index contributed by atoms with van der Waals surface area (Å²) in [6.45, 7) is 6.23. The smallest absolute Gasteiger partial charge is 0.0866 e. The largest absolute Gasteiger partial charge is 0.634 e. The molecule has 0 aliphatic heterocycles. The molecule has 0 spiro atoms. The van der Waals surface area contributed by atoms with E-state index in [2.05, 4.69) is 13.8 Å². The van der Waals surface area contributed by atoms with Crippen molar-refractivity contribution in [1.82, 2.24) is 0 Å². The zero-order valence-electron chi connectivity index (χ0n) is 6.77. The number of hydroxylamine groups is 2. The minimum Gasteiger partial charge on any atom is -0.634 e. The maximum absolute atomic E-state index is 10.7. The molecule has 9 heavy (non-hydrogen) atoms. The molecule has 1 N–H and O–H groups in total. The average molecular weight is 131 g/mol. The summed E-state index contributed by atoms with van der Waals surface area (Å²) < 4.78 is 0. The van der Waals surface area contributed by atoms with Gasteiger partial charge in [-0.2, -0.15) is 0 Å². The first-order chi connectivity index (χ1) is 4.09. The molecule has 3 unspecified atom stereocenters. The van der Waals surface area contributed by atoms with E-state index in [0.29, 0.717) is 11.0 Å². The maximum atomic E-state index is 10.7. The van der Waals surface area contributed by atoms with Gasteiger partial charge in [0, 0.05) is 5.92 Å². The van der Waals surface area contributed by atoms with Crippen LogP contribution >= 0.6 is 0 Å². The van der Waals surface area contributed by atoms with Crippen molar-refractivity contribution in [3.05, 3.63) is 5.21 Å². The van der Waals surface area contributed by atoms with E-state index in [1.807, 2.05) is 6.92 Å². The first-order valence-electron chi connectivity index (χ1n) is 3.60. The second-order valence-corrected chi connectivity index (χ2v) is 2.78. The van der Waals surface area contributed by atoms with Gasteiger partial charge in [-0.3, -0.25) is 0 Å². The molecule has 0 fully saturated rings. The monoisotopic (exact) mass is 131 g/mol. The van der Waals surface area contributed by atoms with Crippen LogP contribution in [0.5, 0.6) is 0 Å². The molecule has 0 saturated carbocycles. The Morgan fingerprint density at radius 2 is 1.89 bits per heavy atom. The highest BCUT2D eigenvalue weighted by Crippen LogP contribution is 2.02. The van der Waals surface area contributed by atoms with E-state index in [1.165, 1.54) is 0 Å². The molecular weight excluding hydrogens is 114 g/mol. The van der Waals surface area contributed by atoms with Crippen LogP contribution in [0.3, 0.4) is 0 Å². The molecule has 3 atom stereocenters. The first-order valence-corrected chi connectivity index (χ1v) is 3.60. The van der Waals surface area contributed by atoms with E-state index in [9.17, 15) is 5.21 Å². The lowest BCUT2D eigenvalue weighted by Crippen LogP contribution is -3.08. The number of nitrogens with one attached hydrogen (secondary N) is 1. The van der Waals surface area contributed by atoms with Crippen molar-refractivity contribution in [1.29, 1.82) is 0 Å². The van der Waals surface area contributed by atoms with Gasteiger partial charge in [-0.15, -0.1) is 0 Å². The summed E-state index contributed by atoms with van der Waals surface area (Å²) in [4.78, 5) is 0. The minimum absolute atomic E-state index is 0.245. The lowest BCUT2D eigenvalue weighted by molar-refractivity contribution is -0.856. The fourth-order valence-electron chi connectivity index (χ4n) is 0.754. The Hall–Kier alpha value is -0.0800. The summed E-state index contributed by atoms with van der Waals surface area (Å²) in [5.41, 5.74) is 0. The summed E-state index contributed by atoms with van der Waals surface area (Å²) >= 11 is 0. The molecule has 0 rings (SSSR count). The molecule has 0 bridgehead atoms. The third-order valence-electron chi connectivity index (χ3n) is 2.14. The highest BCUT2D eigenvalue weighted by atomic mass is 16.5. The lowest BCUT2D eigenvalue weighted by atomic mass is 10.0. The third kappa shape index (κ3) is 2.82.